The van der Waals surface area contributed by atoms with Crippen LogP contribution in [0.15, 0.2) is 24.8 Å². The molecule has 1 fully saturated rings. The van der Waals surface area contributed by atoms with Crippen LogP contribution in [0.4, 0.5) is 0 Å². The fourth-order valence-corrected chi connectivity index (χ4v) is 3.33. The standard InChI is InChI=1S/C15H18N4/c1-10-2-4-11(5-3-10)19-9-18-13-8-17-15-12(14(13)19)6-7-16-15/h6-11H,2-5H2,1H3,(H,16,17). The van der Waals surface area contributed by atoms with Crippen molar-refractivity contribution < 1.29 is 0 Å². The molecule has 98 valence electrons. The first-order valence-electron chi connectivity index (χ1n) is 7.11. The minimum Gasteiger partial charge on any atom is -0.346 e. The van der Waals surface area contributed by atoms with Gasteiger partial charge in [0.2, 0.25) is 0 Å². The van der Waals surface area contributed by atoms with Gasteiger partial charge in [-0.2, -0.15) is 0 Å². The second kappa shape index (κ2) is 4.08. The highest BCUT2D eigenvalue weighted by Gasteiger charge is 2.22. The molecule has 0 bridgehead atoms. The number of aromatic amines is 1. The molecule has 0 saturated heterocycles. The van der Waals surface area contributed by atoms with E-state index in [1.807, 2.05) is 18.7 Å². The van der Waals surface area contributed by atoms with Crippen LogP contribution in [0.3, 0.4) is 0 Å². The summed E-state index contributed by atoms with van der Waals surface area (Å²) in [5.41, 5.74) is 3.20. The molecule has 19 heavy (non-hydrogen) atoms. The van der Waals surface area contributed by atoms with Gasteiger partial charge >= 0.3 is 0 Å². The van der Waals surface area contributed by atoms with Crippen LogP contribution in [-0.4, -0.2) is 19.5 Å². The Morgan fingerprint density at radius 2 is 2.05 bits per heavy atom. The van der Waals surface area contributed by atoms with Crippen LogP contribution in [0.5, 0.6) is 0 Å². The third-order valence-corrected chi connectivity index (χ3v) is 4.50. The third-order valence-electron chi connectivity index (χ3n) is 4.50. The molecule has 3 heterocycles. The zero-order valence-corrected chi connectivity index (χ0v) is 11.1. The molecule has 4 nitrogen and oxygen atoms in total. The predicted octanol–water partition coefficient (Wildman–Crippen LogP) is 3.66. The van der Waals surface area contributed by atoms with Crippen LogP contribution in [0, 0.1) is 5.92 Å². The molecule has 4 heteroatoms. The summed E-state index contributed by atoms with van der Waals surface area (Å²) in [6.07, 6.45) is 11.0. The van der Waals surface area contributed by atoms with Gasteiger partial charge in [0, 0.05) is 17.6 Å². The largest absolute Gasteiger partial charge is 0.346 e. The maximum atomic E-state index is 4.53. The number of hydrogen-bond donors (Lipinski definition) is 1. The number of fused-ring (bicyclic) bond motifs is 3. The molecule has 1 aliphatic carbocycles. The average molecular weight is 254 g/mol. The molecule has 1 N–H and O–H groups in total. The Bertz CT molecular complexity index is 716. The van der Waals surface area contributed by atoms with E-state index in [4.69, 9.17) is 0 Å². The van der Waals surface area contributed by atoms with E-state index in [1.165, 1.54) is 36.6 Å². The Morgan fingerprint density at radius 1 is 1.21 bits per heavy atom. The quantitative estimate of drug-likeness (QED) is 0.720. The van der Waals surface area contributed by atoms with E-state index in [9.17, 15) is 0 Å². The van der Waals surface area contributed by atoms with Gasteiger partial charge in [0.15, 0.2) is 0 Å². The molecule has 0 aliphatic heterocycles. The van der Waals surface area contributed by atoms with Crippen molar-refractivity contribution >= 4 is 22.1 Å². The van der Waals surface area contributed by atoms with Crippen molar-refractivity contribution in [2.75, 3.05) is 0 Å². The molecule has 0 atom stereocenters. The summed E-state index contributed by atoms with van der Waals surface area (Å²) in [6.45, 7) is 2.36. The van der Waals surface area contributed by atoms with Gasteiger partial charge in [-0.15, -0.1) is 0 Å². The lowest BCUT2D eigenvalue weighted by Crippen LogP contribution is -2.16. The van der Waals surface area contributed by atoms with E-state index < -0.39 is 0 Å². The number of imidazole rings is 1. The third kappa shape index (κ3) is 1.66. The first-order chi connectivity index (χ1) is 9.33. The van der Waals surface area contributed by atoms with Crippen molar-refractivity contribution in [3.05, 3.63) is 24.8 Å². The van der Waals surface area contributed by atoms with Crippen molar-refractivity contribution in [1.29, 1.82) is 0 Å². The molecule has 1 aliphatic rings. The summed E-state index contributed by atoms with van der Waals surface area (Å²) in [5.74, 6) is 0.875. The first kappa shape index (κ1) is 11.0. The summed E-state index contributed by atoms with van der Waals surface area (Å²) in [5, 5.41) is 1.19. The Labute approximate surface area is 111 Å². The van der Waals surface area contributed by atoms with Gasteiger partial charge in [0.1, 0.15) is 11.2 Å². The van der Waals surface area contributed by atoms with Gasteiger partial charge in [-0.3, -0.25) is 0 Å². The molecule has 3 aromatic rings. The lowest BCUT2D eigenvalue weighted by molar-refractivity contribution is 0.294. The summed E-state index contributed by atoms with van der Waals surface area (Å²) >= 11 is 0. The number of H-pyrrole nitrogens is 1. The Hall–Kier alpha value is -1.84. The molecule has 0 amide bonds. The summed E-state index contributed by atoms with van der Waals surface area (Å²) in [6, 6.07) is 2.70. The fraction of sp³-hybridized carbons (Fsp3) is 0.467. The fourth-order valence-electron chi connectivity index (χ4n) is 3.33. The number of rotatable bonds is 1. The molecule has 0 radical (unpaired) electrons. The van der Waals surface area contributed by atoms with E-state index in [2.05, 4.69) is 32.5 Å². The van der Waals surface area contributed by atoms with Gasteiger partial charge in [0.05, 0.1) is 18.0 Å². The van der Waals surface area contributed by atoms with Gasteiger partial charge in [0.25, 0.3) is 0 Å². The van der Waals surface area contributed by atoms with Crippen LogP contribution in [0.2, 0.25) is 0 Å². The number of pyridine rings is 1. The lowest BCUT2D eigenvalue weighted by Gasteiger charge is -2.27. The van der Waals surface area contributed by atoms with Crippen molar-refractivity contribution in [2.24, 2.45) is 5.92 Å². The zero-order valence-electron chi connectivity index (χ0n) is 11.1. The zero-order chi connectivity index (χ0) is 12.8. The molecule has 1 saturated carbocycles. The van der Waals surface area contributed by atoms with E-state index >= 15 is 0 Å². The number of nitrogens with zero attached hydrogens (tertiary/aromatic N) is 3. The highest BCUT2D eigenvalue weighted by Crippen LogP contribution is 2.35. The van der Waals surface area contributed by atoms with Crippen LogP contribution in [0.1, 0.15) is 38.6 Å². The van der Waals surface area contributed by atoms with E-state index in [0.717, 1.165) is 17.1 Å². The monoisotopic (exact) mass is 254 g/mol. The number of nitrogens with one attached hydrogen (secondary N) is 1. The van der Waals surface area contributed by atoms with E-state index in [1.54, 1.807) is 0 Å². The summed E-state index contributed by atoms with van der Waals surface area (Å²) < 4.78 is 2.37. The SMILES string of the molecule is CC1CCC(n2cnc3cnc4[nH]ccc4c32)CC1. The second-order valence-corrected chi connectivity index (χ2v) is 5.80. The molecule has 0 unspecified atom stereocenters. The molecule has 0 spiro atoms. The highest BCUT2D eigenvalue weighted by atomic mass is 15.1. The van der Waals surface area contributed by atoms with Crippen LogP contribution in [-0.2, 0) is 0 Å². The molecule has 3 aromatic heterocycles. The average Bonchev–Trinajstić information content (AvgIpc) is 3.04. The predicted molar refractivity (Wildman–Crippen MR) is 76.1 cm³/mol. The smallest absolute Gasteiger partial charge is 0.139 e. The minimum absolute atomic E-state index is 0.599. The molecule has 4 rings (SSSR count). The van der Waals surface area contributed by atoms with E-state index in [-0.39, 0.29) is 0 Å². The van der Waals surface area contributed by atoms with E-state index in [0.29, 0.717) is 6.04 Å². The van der Waals surface area contributed by atoms with Gasteiger partial charge < -0.3 is 9.55 Å². The highest BCUT2D eigenvalue weighted by molar-refractivity contribution is 6.00. The first-order valence-corrected chi connectivity index (χ1v) is 7.11. The maximum absolute atomic E-state index is 4.53. The molecule has 0 aromatic carbocycles. The number of aromatic nitrogens is 4. The number of hydrogen-bond acceptors (Lipinski definition) is 2. The lowest BCUT2D eigenvalue weighted by atomic mass is 9.87. The van der Waals surface area contributed by atoms with Gasteiger partial charge in [-0.05, 0) is 37.7 Å². The molecular formula is C15H18N4. The van der Waals surface area contributed by atoms with Gasteiger partial charge in [-0.25, -0.2) is 9.97 Å². The van der Waals surface area contributed by atoms with Crippen molar-refractivity contribution in [1.82, 2.24) is 19.5 Å². The van der Waals surface area contributed by atoms with Crippen molar-refractivity contribution in [3.63, 3.8) is 0 Å². The second-order valence-electron chi connectivity index (χ2n) is 5.80. The Balaban J connectivity index is 1.87. The normalized spacial score (nSPS) is 24.3. The van der Waals surface area contributed by atoms with Crippen LogP contribution >= 0.6 is 0 Å². The Morgan fingerprint density at radius 3 is 2.89 bits per heavy atom. The minimum atomic E-state index is 0.599. The van der Waals surface area contributed by atoms with Gasteiger partial charge in [-0.1, -0.05) is 6.92 Å². The van der Waals surface area contributed by atoms with Crippen molar-refractivity contribution in [2.45, 2.75) is 38.6 Å². The maximum Gasteiger partial charge on any atom is 0.139 e. The summed E-state index contributed by atoms with van der Waals surface area (Å²) in [4.78, 5) is 12.1. The Kier molecular flexibility index (Phi) is 2.37. The van der Waals surface area contributed by atoms with Crippen LogP contribution < -0.4 is 0 Å². The topological polar surface area (TPSA) is 46.5 Å². The summed E-state index contributed by atoms with van der Waals surface area (Å²) in [7, 11) is 0. The van der Waals surface area contributed by atoms with Crippen LogP contribution in [0.25, 0.3) is 22.1 Å². The van der Waals surface area contributed by atoms with Crippen molar-refractivity contribution in [3.8, 4) is 0 Å². The molecular weight excluding hydrogens is 236 g/mol.